The van der Waals surface area contributed by atoms with Crippen LogP contribution >= 0.6 is 11.8 Å². The van der Waals surface area contributed by atoms with Gasteiger partial charge in [0.1, 0.15) is 11.0 Å². The van der Waals surface area contributed by atoms with Crippen LogP contribution in [-0.2, 0) is 15.8 Å². The predicted octanol–water partition coefficient (Wildman–Crippen LogP) is 4.19. The molecule has 2 aliphatic heterocycles. The van der Waals surface area contributed by atoms with Crippen molar-refractivity contribution in [2.75, 3.05) is 11.5 Å². The average Bonchev–Trinajstić information content (AvgIpc) is 3.02. The van der Waals surface area contributed by atoms with E-state index in [-0.39, 0.29) is 16.3 Å². The second kappa shape index (κ2) is 8.48. The van der Waals surface area contributed by atoms with Gasteiger partial charge in [0.25, 0.3) is 0 Å². The quantitative estimate of drug-likeness (QED) is 0.669. The maximum absolute atomic E-state index is 13.4. The van der Waals surface area contributed by atoms with Gasteiger partial charge in [0.15, 0.2) is 0 Å². The minimum Gasteiger partial charge on any atom is -0.494 e. The summed E-state index contributed by atoms with van der Waals surface area (Å²) < 4.78 is 45.0. The maximum atomic E-state index is 13.4. The third-order valence-corrected chi connectivity index (χ3v) is 6.81. The van der Waals surface area contributed by atoms with Crippen molar-refractivity contribution in [1.29, 1.82) is 5.26 Å². The second-order valence-electron chi connectivity index (χ2n) is 7.49. The fourth-order valence-electron chi connectivity index (χ4n) is 4.15. The summed E-state index contributed by atoms with van der Waals surface area (Å²) in [7, 11) is 0. The van der Waals surface area contributed by atoms with Crippen molar-refractivity contribution in [2.24, 2.45) is 11.7 Å². The van der Waals surface area contributed by atoms with E-state index < -0.39 is 40.6 Å². The van der Waals surface area contributed by atoms with Crippen LogP contribution in [0.4, 0.5) is 18.9 Å². The highest BCUT2D eigenvalue weighted by Crippen LogP contribution is 2.51. The van der Waals surface area contributed by atoms with Gasteiger partial charge in [-0.05, 0) is 42.8 Å². The van der Waals surface area contributed by atoms with Gasteiger partial charge in [0, 0.05) is 5.92 Å². The van der Waals surface area contributed by atoms with Crippen molar-refractivity contribution in [1.82, 2.24) is 0 Å². The Kier molecular flexibility index (Phi) is 5.84. The first-order valence-electron chi connectivity index (χ1n) is 10.0. The number of imide groups is 1. The molecule has 0 aliphatic carbocycles. The summed E-state index contributed by atoms with van der Waals surface area (Å²) in [6.45, 7) is 2.29. The lowest BCUT2D eigenvalue weighted by molar-refractivity contribution is -0.137. The number of halogens is 3. The number of alkyl halides is 3. The van der Waals surface area contributed by atoms with Crippen LogP contribution in [0.25, 0.3) is 0 Å². The Morgan fingerprint density at radius 3 is 2.45 bits per heavy atom. The normalized spacial score (nSPS) is 22.9. The molecule has 0 radical (unpaired) electrons. The smallest absolute Gasteiger partial charge is 0.416 e. The summed E-state index contributed by atoms with van der Waals surface area (Å²) in [5.41, 5.74) is 5.68. The summed E-state index contributed by atoms with van der Waals surface area (Å²) in [6.07, 6.45) is -4.63. The molecule has 0 aromatic heterocycles. The third kappa shape index (κ3) is 3.93. The Balaban J connectivity index is 1.77. The largest absolute Gasteiger partial charge is 0.494 e. The van der Waals surface area contributed by atoms with Crippen LogP contribution < -0.4 is 15.4 Å². The topological polar surface area (TPSA) is 96.4 Å². The number of rotatable bonds is 4. The number of nitriles is 1. The van der Waals surface area contributed by atoms with Crippen LogP contribution in [0, 0.1) is 17.2 Å². The molecular formula is C23H18F3N3O3S. The van der Waals surface area contributed by atoms with E-state index in [1.807, 2.05) is 13.0 Å². The van der Waals surface area contributed by atoms with Crippen molar-refractivity contribution in [2.45, 2.75) is 24.3 Å². The van der Waals surface area contributed by atoms with E-state index in [4.69, 9.17) is 10.5 Å². The van der Waals surface area contributed by atoms with Crippen molar-refractivity contribution < 1.29 is 27.5 Å². The van der Waals surface area contributed by atoms with Gasteiger partial charge < -0.3 is 10.5 Å². The number of hydrogen-bond donors (Lipinski definition) is 1. The summed E-state index contributed by atoms with van der Waals surface area (Å²) >= 11 is 0.895. The molecule has 2 amide bonds. The van der Waals surface area contributed by atoms with Gasteiger partial charge >= 0.3 is 6.18 Å². The van der Waals surface area contributed by atoms with Gasteiger partial charge in [-0.15, -0.1) is 0 Å². The molecule has 4 rings (SSSR count). The van der Waals surface area contributed by atoms with Crippen LogP contribution in [0.2, 0.25) is 0 Å². The molecule has 0 saturated carbocycles. The van der Waals surface area contributed by atoms with Crippen molar-refractivity contribution in [3.63, 3.8) is 0 Å². The fraction of sp³-hybridized carbons (Fsp3) is 0.261. The highest BCUT2D eigenvalue weighted by Gasteiger charge is 2.56. The Morgan fingerprint density at radius 1 is 1.15 bits per heavy atom. The van der Waals surface area contributed by atoms with E-state index in [9.17, 15) is 28.0 Å². The Hall–Kier alpha value is -3.45. The molecule has 0 unspecified atom stereocenters. The second-order valence-corrected chi connectivity index (χ2v) is 8.68. The zero-order valence-electron chi connectivity index (χ0n) is 17.3. The molecular weight excluding hydrogens is 455 g/mol. The number of fused-ring (bicyclic) bond motifs is 1. The first kappa shape index (κ1) is 22.7. The molecule has 2 N–H and O–H groups in total. The van der Waals surface area contributed by atoms with E-state index >= 15 is 0 Å². The van der Waals surface area contributed by atoms with Crippen LogP contribution in [-0.4, -0.2) is 23.7 Å². The van der Waals surface area contributed by atoms with Crippen LogP contribution in [0.5, 0.6) is 5.75 Å². The summed E-state index contributed by atoms with van der Waals surface area (Å²) in [6, 6.07) is 12.9. The zero-order valence-corrected chi connectivity index (χ0v) is 18.1. The Labute approximate surface area is 191 Å². The van der Waals surface area contributed by atoms with Gasteiger partial charge in [-0.1, -0.05) is 30.0 Å². The number of nitrogens with two attached hydrogens (primary N) is 1. The molecule has 1 saturated heterocycles. The molecule has 170 valence electrons. The minimum atomic E-state index is -4.63. The molecule has 2 aliphatic rings. The van der Waals surface area contributed by atoms with E-state index in [0.717, 1.165) is 34.9 Å². The number of nitrogens with zero attached hydrogens (tertiary/aromatic N) is 2. The molecule has 0 bridgehead atoms. The van der Waals surface area contributed by atoms with Crippen LogP contribution in [0.3, 0.4) is 0 Å². The molecule has 6 nitrogen and oxygen atoms in total. The number of carbonyl (C=O) groups is 2. The highest BCUT2D eigenvalue weighted by molar-refractivity contribution is 8.04. The number of hydrogen-bond acceptors (Lipinski definition) is 6. The van der Waals surface area contributed by atoms with Crippen molar-refractivity contribution in [3.05, 3.63) is 70.3 Å². The molecule has 2 aromatic carbocycles. The molecule has 2 aromatic rings. The number of anilines is 1. The van der Waals surface area contributed by atoms with Crippen LogP contribution in [0.15, 0.2) is 59.1 Å². The van der Waals surface area contributed by atoms with Gasteiger partial charge in [-0.25, -0.2) is 4.90 Å². The van der Waals surface area contributed by atoms with E-state index in [2.05, 4.69) is 0 Å². The van der Waals surface area contributed by atoms with Crippen molar-refractivity contribution in [3.8, 4) is 11.8 Å². The lowest BCUT2D eigenvalue weighted by atomic mass is 9.79. The molecule has 2 heterocycles. The number of amides is 2. The zero-order chi connectivity index (χ0) is 23.9. The molecule has 3 atom stereocenters. The Morgan fingerprint density at radius 2 is 1.85 bits per heavy atom. The first-order valence-corrected chi connectivity index (χ1v) is 10.9. The van der Waals surface area contributed by atoms with Gasteiger partial charge in [0.05, 0.1) is 40.4 Å². The van der Waals surface area contributed by atoms with Gasteiger partial charge in [0.2, 0.25) is 11.8 Å². The number of benzene rings is 2. The van der Waals surface area contributed by atoms with E-state index in [0.29, 0.717) is 17.9 Å². The Bertz CT molecular complexity index is 1190. The number of ether oxygens (including phenoxy) is 1. The number of allylic oxidation sites excluding steroid dienone is 1. The lowest BCUT2D eigenvalue weighted by Gasteiger charge is -2.30. The molecule has 1 fully saturated rings. The van der Waals surface area contributed by atoms with Crippen LogP contribution in [0.1, 0.15) is 24.0 Å². The van der Waals surface area contributed by atoms with E-state index in [1.54, 1.807) is 24.3 Å². The average molecular weight is 473 g/mol. The standard InChI is InChI=1S/C23H18F3N3O3S/c1-2-32-15-8-6-12(7-9-15)17-16(11-27)20(28)33-19-18(17)21(30)29(22(19)31)14-5-3-4-13(10-14)23(24,25)26/h3-10,17-19H,2,28H2,1H3/t17-,18-,19-/m0/s1. The predicted molar refractivity (Wildman–Crippen MR) is 116 cm³/mol. The summed E-state index contributed by atoms with van der Waals surface area (Å²) in [5.74, 6) is -2.54. The lowest BCUT2D eigenvalue weighted by Crippen LogP contribution is -2.33. The van der Waals surface area contributed by atoms with Gasteiger partial charge in [-0.3, -0.25) is 9.59 Å². The molecule has 33 heavy (non-hydrogen) atoms. The third-order valence-electron chi connectivity index (χ3n) is 5.59. The van der Waals surface area contributed by atoms with E-state index in [1.165, 1.54) is 6.07 Å². The number of carbonyl (C=O) groups excluding carboxylic acids is 2. The number of thioether (sulfide) groups is 1. The monoisotopic (exact) mass is 473 g/mol. The highest BCUT2D eigenvalue weighted by atomic mass is 32.2. The SMILES string of the molecule is CCOc1ccc([C@H]2C(C#N)=C(N)S[C@@H]3C(=O)N(c4cccc(C(F)(F)F)c4)C(=O)[C@H]32)cc1. The minimum absolute atomic E-state index is 0.115. The van der Waals surface area contributed by atoms with Gasteiger partial charge in [-0.2, -0.15) is 18.4 Å². The molecule has 10 heteroatoms. The molecule has 0 spiro atoms. The van der Waals surface area contributed by atoms with Crippen molar-refractivity contribution >= 4 is 29.3 Å². The summed E-state index contributed by atoms with van der Waals surface area (Å²) in [5, 5.41) is 8.91. The first-order chi connectivity index (χ1) is 15.7. The maximum Gasteiger partial charge on any atom is 0.416 e. The summed E-state index contributed by atoms with van der Waals surface area (Å²) in [4.78, 5) is 27.4. The fourth-order valence-corrected chi connectivity index (χ4v) is 5.35.